The number of nitrogens with zero attached hydrogens (tertiary/aromatic N) is 1. The van der Waals surface area contributed by atoms with Crippen LogP contribution in [-0.4, -0.2) is 58.7 Å². The third-order valence-corrected chi connectivity index (χ3v) is 3.01. The van der Waals surface area contributed by atoms with Crippen LogP contribution in [0.5, 0.6) is 17.2 Å². The number of carbonyl (C=O) groups excluding carboxylic acids is 1. The monoisotopic (exact) mass is 252 g/mol. The number of benzene rings is 1. The van der Waals surface area contributed by atoms with Crippen molar-refractivity contribution < 1.29 is 20.1 Å². The van der Waals surface area contributed by atoms with Crippen molar-refractivity contribution in [3.63, 3.8) is 0 Å². The maximum Gasteiger partial charge on any atom is 0.201 e. The second-order valence-electron chi connectivity index (χ2n) is 4.28. The molecule has 1 aliphatic heterocycles. The van der Waals surface area contributed by atoms with Crippen molar-refractivity contribution in [2.45, 2.75) is 0 Å². The summed E-state index contributed by atoms with van der Waals surface area (Å²) < 4.78 is 0. The Balaban J connectivity index is 2.11. The van der Waals surface area contributed by atoms with E-state index in [1.807, 2.05) is 4.90 Å². The van der Waals surface area contributed by atoms with E-state index >= 15 is 0 Å². The summed E-state index contributed by atoms with van der Waals surface area (Å²) in [6.45, 7) is 3.41. The zero-order valence-corrected chi connectivity index (χ0v) is 9.89. The van der Waals surface area contributed by atoms with Gasteiger partial charge in [-0.25, -0.2) is 0 Å². The molecule has 0 aliphatic carbocycles. The molecule has 0 bridgehead atoms. The van der Waals surface area contributed by atoms with Crippen molar-refractivity contribution in [1.29, 1.82) is 0 Å². The minimum atomic E-state index is -0.652. The molecule has 6 heteroatoms. The van der Waals surface area contributed by atoms with Crippen molar-refractivity contribution in [1.82, 2.24) is 10.2 Å². The highest BCUT2D eigenvalue weighted by molar-refractivity contribution is 6.01. The van der Waals surface area contributed by atoms with Gasteiger partial charge in [-0.05, 0) is 12.1 Å². The van der Waals surface area contributed by atoms with Crippen LogP contribution in [0, 0.1) is 0 Å². The molecular formula is C12H16N2O4. The molecule has 0 saturated carbocycles. The predicted octanol–water partition coefficient (Wildman–Crippen LogP) is -0.109. The van der Waals surface area contributed by atoms with E-state index in [1.54, 1.807) is 0 Å². The number of phenols is 3. The van der Waals surface area contributed by atoms with Crippen molar-refractivity contribution in [3.8, 4) is 17.2 Å². The molecule has 6 nitrogen and oxygen atoms in total. The highest BCUT2D eigenvalue weighted by Gasteiger charge is 2.20. The number of phenolic OH excluding ortho intramolecular Hbond substituents is 3. The molecule has 1 aromatic carbocycles. The van der Waals surface area contributed by atoms with Crippen LogP contribution >= 0.6 is 0 Å². The highest BCUT2D eigenvalue weighted by atomic mass is 16.3. The summed E-state index contributed by atoms with van der Waals surface area (Å²) in [5.41, 5.74) is 0.0313. The van der Waals surface area contributed by atoms with Gasteiger partial charge in [-0.2, -0.15) is 0 Å². The van der Waals surface area contributed by atoms with Crippen LogP contribution in [-0.2, 0) is 0 Å². The fraction of sp³-hybridized carbons (Fsp3) is 0.417. The van der Waals surface area contributed by atoms with Gasteiger partial charge in [0.2, 0.25) is 5.75 Å². The minimum absolute atomic E-state index is 0.0313. The van der Waals surface area contributed by atoms with Gasteiger partial charge in [-0.1, -0.05) is 0 Å². The van der Waals surface area contributed by atoms with Gasteiger partial charge in [-0.3, -0.25) is 9.69 Å². The van der Waals surface area contributed by atoms with Crippen molar-refractivity contribution >= 4 is 5.78 Å². The number of ketones is 1. The Bertz CT molecular complexity index is 456. The van der Waals surface area contributed by atoms with Gasteiger partial charge in [0.15, 0.2) is 17.3 Å². The molecule has 0 atom stereocenters. The topological polar surface area (TPSA) is 93.0 Å². The van der Waals surface area contributed by atoms with Crippen LogP contribution in [0.15, 0.2) is 12.1 Å². The van der Waals surface area contributed by atoms with Crippen LogP contribution in [0.1, 0.15) is 10.4 Å². The molecule has 1 fully saturated rings. The lowest BCUT2D eigenvalue weighted by atomic mass is 10.1. The molecule has 0 unspecified atom stereocenters. The minimum Gasteiger partial charge on any atom is -0.504 e. The number of nitrogens with one attached hydrogen (secondary N) is 1. The Hall–Kier alpha value is -1.79. The van der Waals surface area contributed by atoms with E-state index in [-0.39, 0.29) is 17.9 Å². The Labute approximate surface area is 104 Å². The lowest BCUT2D eigenvalue weighted by Crippen LogP contribution is -2.45. The SMILES string of the molecule is O=C(CN1CCNCC1)c1ccc(O)c(O)c1O. The molecular weight excluding hydrogens is 236 g/mol. The Kier molecular flexibility index (Phi) is 3.69. The average molecular weight is 252 g/mol. The fourth-order valence-electron chi connectivity index (χ4n) is 1.95. The quantitative estimate of drug-likeness (QED) is 0.443. The molecule has 98 valence electrons. The average Bonchev–Trinajstić information content (AvgIpc) is 2.37. The Morgan fingerprint density at radius 1 is 1.17 bits per heavy atom. The van der Waals surface area contributed by atoms with E-state index in [0.717, 1.165) is 26.2 Å². The molecule has 0 aromatic heterocycles. The van der Waals surface area contributed by atoms with Gasteiger partial charge in [0.25, 0.3) is 0 Å². The summed E-state index contributed by atoms with van der Waals surface area (Å²) in [5, 5.41) is 31.4. The summed E-state index contributed by atoms with van der Waals surface area (Å²) >= 11 is 0. The number of aromatic hydroxyl groups is 3. The predicted molar refractivity (Wildman–Crippen MR) is 65.1 cm³/mol. The second kappa shape index (κ2) is 5.24. The molecule has 1 saturated heterocycles. The number of Topliss-reactive ketones (excluding diaryl/α,β-unsaturated/α-hetero) is 1. The number of rotatable bonds is 3. The lowest BCUT2D eigenvalue weighted by molar-refractivity contribution is 0.0918. The van der Waals surface area contributed by atoms with Crippen molar-refractivity contribution in [2.75, 3.05) is 32.7 Å². The van der Waals surface area contributed by atoms with E-state index < -0.39 is 17.2 Å². The summed E-state index contributed by atoms with van der Waals surface area (Å²) in [4.78, 5) is 14.0. The van der Waals surface area contributed by atoms with E-state index in [0.29, 0.717) is 0 Å². The summed E-state index contributed by atoms with van der Waals surface area (Å²) in [6, 6.07) is 2.51. The van der Waals surface area contributed by atoms with Crippen LogP contribution < -0.4 is 5.32 Å². The van der Waals surface area contributed by atoms with Gasteiger partial charge in [0.05, 0.1) is 12.1 Å². The molecule has 1 heterocycles. The van der Waals surface area contributed by atoms with E-state index in [2.05, 4.69) is 5.32 Å². The largest absolute Gasteiger partial charge is 0.504 e. The summed E-state index contributed by atoms with van der Waals surface area (Å²) in [5.74, 6) is -1.92. The standard InChI is InChI=1S/C12H16N2O4/c15-9-2-1-8(11(17)12(9)18)10(16)7-14-5-3-13-4-6-14/h1-2,13,15,17-18H,3-7H2. The Morgan fingerprint density at radius 3 is 2.50 bits per heavy atom. The molecule has 18 heavy (non-hydrogen) atoms. The first kappa shape index (κ1) is 12.7. The van der Waals surface area contributed by atoms with Crippen LogP contribution in [0.3, 0.4) is 0 Å². The third-order valence-electron chi connectivity index (χ3n) is 3.01. The third kappa shape index (κ3) is 2.55. The normalized spacial score (nSPS) is 16.7. The highest BCUT2D eigenvalue weighted by Crippen LogP contribution is 2.37. The maximum atomic E-state index is 12.0. The first-order chi connectivity index (χ1) is 8.59. The zero-order chi connectivity index (χ0) is 13.1. The van der Waals surface area contributed by atoms with E-state index in [9.17, 15) is 20.1 Å². The molecule has 0 spiro atoms. The first-order valence-electron chi connectivity index (χ1n) is 5.79. The molecule has 0 amide bonds. The second-order valence-corrected chi connectivity index (χ2v) is 4.28. The van der Waals surface area contributed by atoms with Gasteiger partial charge >= 0.3 is 0 Å². The number of hydrogen-bond donors (Lipinski definition) is 4. The van der Waals surface area contributed by atoms with Gasteiger partial charge < -0.3 is 20.6 Å². The van der Waals surface area contributed by atoms with Crippen LogP contribution in [0.2, 0.25) is 0 Å². The smallest absolute Gasteiger partial charge is 0.201 e. The summed E-state index contributed by atoms with van der Waals surface area (Å²) in [7, 11) is 0. The number of hydrogen-bond acceptors (Lipinski definition) is 6. The molecule has 0 radical (unpaired) electrons. The van der Waals surface area contributed by atoms with Crippen molar-refractivity contribution in [3.05, 3.63) is 17.7 Å². The number of piperazine rings is 1. The van der Waals surface area contributed by atoms with Gasteiger partial charge in [-0.15, -0.1) is 0 Å². The zero-order valence-electron chi connectivity index (χ0n) is 9.89. The molecule has 4 N–H and O–H groups in total. The first-order valence-corrected chi connectivity index (χ1v) is 5.79. The van der Waals surface area contributed by atoms with Crippen LogP contribution in [0.25, 0.3) is 0 Å². The fourth-order valence-corrected chi connectivity index (χ4v) is 1.95. The van der Waals surface area contributed by atoms with Gasteiger partial charge in [0.1, 0.15) is 0 Å². The molecule has 1 aromatic rings. The molecule has 2 rings (SSSR count). The maximum absolute atomic E-state index is 12.0. The molecule has 1 aliphatic rings. The van der Waals surface area contributed by atoms with E-state index in [4.69, 9.17) is 0 Å². The van der Waals surface area contributed by atoms with Crippen molar-refractivity contribution in [2.24, 2.45) is 0 Å². The number of carbonyl (C=O) groups is 1. The summed E-state index contributed by atoms with van der Waals surface area (Å²) in [6.07, 6.45) is 0. The Morgan fingerprint density at radius 2 is 1.83 bits per heavy atom. The van der Waals surface area contributed by atoms with Gasteiger partial charge in [0, 0.05) is 26.2 Å². The van der Waals surface area contributed by atoms with Crippen LogP contribution in [0.4, 0.5) is 0 Å². The lowest BCUT2D eigenvalue weighted by Gasteiger charge is -2.26. The van der Waals surface area contributed by atoms with E-state index in [1.165, 1.54) is 12.1 Å².